The zero-order valence-corrected chi connectivity index (χ0v) is 11.2. The summed E-state index contributed by atoms with van der Waals surface area (Å²) in [6.07, 6.45) is 0.571. The summed E-state index contributed by atoms with van der Waals surface area (Å²) in [6.45, 7) is 4.33. The summed E-state index contributed by atoms with van der Waals surface area (Å²) in [5.41, 5.74) is 2.44. The first-order valence-electron chi connectivity index (χ1n) is 6.56. The number of aliphatic hydroxyl groups excluding tert-OH is 1. The average molecular weight is 265 g/mol. The van der Waals surface area contributed by atoms with E-state index in [0.29, 0.717) is 25.3 Å². The van der Waals surface area contributed by atoms with Crippen molar-refractivity contribution in [1.29, 1.82) is 0 Å². The molecule has 0 aliphatic heterocycles. The summed E-state index contributed by atoms with van der Waals surface area (Å²) in [5, 5.41) is 19.1. The van der Waals surface area contributed by atoms with Crippen LogP contribution in [0.1, 0.15) is 42.7 Å². The number of nitrogens with zero attached hydrogens (tertiary/aromatic N) is 1. The van der Waals surface area contributed by atoms with Crippen molar-refractivity contribution in [1.82, 2.24) is 4.98 Å². The number of pyridine rings is 1. The smallest absolute Gasteiger partial charge is 0.303 e. The summed E-state index contributed by atoms with van der Waals surface area (Å²) in [6, 6.07) is 1.87. The molecule has 1 aromatic heterocycles. The molecular formula is C14H19NO4. The first-order chi connectivity index (χ1) is 9.02. The molecule has 1 aliphatic rings. The van der Waals surface area contributed by atoms with Crippen LogP contribution in [0.2, 0.25) is 0 Å². The molecule has 1 aliphatic carbocycles. The third-order valence-electron chi connectivity index (χ3n) is 3.51. The highest BCUT2D eigenvalue weighted by molar-refractivity contribution is 5.67. The molecule has 5 nitrogen and oxygen atoms in total. The number of carboxylic acids is 1. The normalized spacial score (nSPS) is 21.8. The Labute approximate surface area is 112 Å². The molecule has 2 N–H and O–H groups in total. The maximum Gasteiger partial charge on any atom is 0.303 e. The maximum atomic E-state index is 10.8. The molecule has 0 aromatic carbocycles. The molecule has 1 aromatic rings. The van der Waals surface area contributed by atoms with Crippen LogP contribution in [0, 0.1) is 12.8 Å². The SMILES string of the molecule is CCOc1nc2c(cc1C)C(O)C(CC(=O)O)CC2. The molecule has 0 saturated carbocycles. The van der Waals surface area contributed by atoms with Gasteiger partial charge in [-0.25, -0.2) is 4.98 Å². The third-order valence-corrected chi connectivity index (χ3v) is 3.51. The van der Waals surface area contributed by atoms with E-state index in [0.717, 1.165) is 16.8 Å². The fraction of sp³-hybridized carbons (Fsp3) is 0.571. The standard InChI is InChI=1S/C14H19NO4/c1-3-19-14-8(2)6-10-11(15-14)5-4-9(13(10)18)7-12(16)17/h6,9,13,18H,3-5,7H2,1-2H3,(H,16,17). The molecule has 2 unspecified atom stereocenters. The van der Waals surface area contributed by atoms with Gasteiger partial charge in [0, 0.05) is 11.1 Å². The van der Waals surface area contributed by atoms with Crippen molar-refractivity contribution in [2.75, 3.05) is 6.61 Å². The van der Waals surface area contributed by atoms with Crippen LogP contribution >= 0.6 is 0 Å². The van der Waals surface area contributed by atoms with E-state index in [-0.39, 0.29) is 12.3 Å². The molecular weight excluding hydrogens is 246 g/mol. The molecule has 2 atom stereocenters. The zero-order valence-electron chi connectivity index (χ0n) is 11.2. The third kappa shape index (κ3) is 2.87. The largest absolute Gasteiger partial charge is 0.481 e. The topological polar surface area (TPSA) is 79.7 Å². The molecule has 2 rings (SSSR count). The van der Waals surface area contributed by atoms with E-state index in [4.69, 9.17) is 9.84 Å². The highest BCUT2D eigenvalue weighted by Gasteiger charge is 2.31. The maximum absolute atomic E-state index is 10.8. The van der Waals surface area contributed by atoms with E-state index in [2.05, 4.69) is 4.98 Å². The lowest BCUT2D eigenvalue weighted by Crippen LogP contribution is -2.24. The van der Waals surface area contributed by atoms with Gasteiger partial charge >= 0.3 is 5.97 Å². The number of carbonyl (C=O) groups is 1. The predicted octanol–water partition coefficient (Wildman–Crippen LogP) is 1.86. The van der Waals surface area contributed by atoms with Crippen molar-refractivity contribution in [3.8, 4) is 5.88 Å². The minimum atomic E-state index is -0.872. The van der Waals surface area contributed by atoms with Gasteiger partial charge in [-0.2, -0.15) is 0 Å². The number of rotatable bonds is 4. The first-order valence-corrected chi connectivity index (χ1v) is 6.56. The van der Waals surface area contributed by atoms with Crippen LogP contribution in [0.15, 0.2) is 6.07 Å². The highest BCUT2D eigenvalue weighted by Crippen LogP contribution is 2.37. The number of aryl methyl sites for hydroxylation is 2. The number of aromatic nitrogens is 1. The average Bonchev–Trinajstić information content (AvgIpc) is 2.35. The Morgan fingerprint density at radius 3 is 2.95 bits per heavy atom. The van der Waals surface area contributed by atoms with Crippen molar-refractivity contribution >= 4 is 5.97 Å². The van der Waals surface area contributed by atoms with Crippen LogP contribution in [0.25, 0.3) is 0 Å². The molecule has 0 saturated heterocycles. The Morgan fingerprint density at radius 1 is 1.58 bits per heavy atom. The molecule has 19 heavy (non-hydrogen) atoms. The van der Waals surface area contributed by atoms with Gasteiger partial charge in [-0.1, -0.05) is 0 Å². The van der Waals surface area contributed by atoms with Gasteiger partial charge in [0.25, 0.3) is 0 Å². The molecule has 0 radical (unpaired) electrons. The second kappa shape index (κ2) is 5.57. The molecule has 104 valence electrons. The molecule has 5 heteroatoms. The lowest BCUT2D eigenvalue weighted by atomic mass is 9.81. The molecule has 0 bridgehead atoms. The van der Waals surface area contributed by atoms with Gasteiger partial charge in [-0.3, -0.25) is 4.79 Å². The number of ether oxygens (including phenoxy) is 1. The van der Waals surface area contributed by atoms with Crippen molar-refractivity contribution < 1.29 is 19.7 Å². The lowest BCUT2D eigenvalue weighted by molar-refractivity contribution is -0.139. The molecule has 0 fully saturated rings. The van der Waals surface area contributed by atoms with Crippen molar-refractivity contribution in [2.45, 2.75) is 39.2 Å². The molecule has 1 heterocycles. The quantitative estimate of drug-likeness (QED) is 0.868. The number of carboxylic acid groups (broad SMARTS) is 1. The van der Waals surface area contributed by atoms with Gasteiger partial charge in [-0.05, 0) is 38.7 Å². The molecule has 0 amide bonds. The van der Waals surface area contributed by atoms with Gasteiger partial charge in [0.15, 0.2) is 0 Å². The van der Waals surface area contributed by atoms with Crippen molar-refractivity contribution in [3.63, 3.8) is 0 Å². The van der Waals surface area contributed by atoms with E-state index in [1.165, 1.54) is 0 Å². The zero-order chi connectivity index (χ0) is 14.0. The van der Waals surface area contributed by atoms with Gasteiger partial charge in [-0.15, -0.1) is 0 Å². The van der Waals surface area contributed by atoms with E-state index in [1.54, 1.807) is 0 Å². The fourth-order valence-electron chi connectivity index (χ4n) is 2.56. The van der Waals surface area contributed by atoms with Crippen LogP contribution in [-0.4, -0.2) is 27.8 Å². The second-order valence-corrected chi connectivity index (χ2v) is 4.92. The van der Waals surface area contributed by atoms with Crippen molar-refractivity contribution in [2.24, 2.45) is 5.92 Å². The minimum absolute atomic E-state index is 0.00708. The molecule has 0 spiro atoms. The van der Waals surface area contributed by atoms with Crippen LogP contribution < -0.4 is 4.74 Å². The number of hydrogen-bond donors (Lipinski definition) is 2. The number of fused-ring (bicyclic) bond motifs is 1. The summed E-state index contributed by atoms with van der Waals surface area (Å²) in [7, 11) is 0. The minimum Gasteiger partial charge on any atom is -0.481 e. The number of hydrogen-bond acceptors (Lipinski definition) is 4. The summed E-state index contributed by atoms with van der Waals surface area (Å²) >= 11 is 0. The Hall–Kier alpha value is -1.62. The summed E-state index contributed by atoms with van der Waals surface area (Å²) < 4.78 is 5.44. The predicted molar refractivity (Wildman–Crippen MR) is 69.2 cm³/mol. The van der Waals surface area contributed by atoms with Crippen LogP contribution in [-0.2, 0) is 11.2 Å². The van der Waals surface area contributed by atoms with Gasteiger partial charge in [0.05, 0.1) is 24.8 Å². The van der Waals surface area contributed by atoms with Gasteiger partial charge in [0.2, 0.25) is 5.88 Å². The number of aliphatic hydroxyl groups is 1. The van der Waals surface area contributed by atoms with Crippen LogP contribution in [0.4, 0.5) is 0 Å². The number of aliphatic carboxylic acids is 1. The van der Waals surface area contributed by atoms with Gasteiger partial charge in [0.1, 0.15) is 0 Å². The van der Waals surface area contributed by atoms with E-state index in [1.807, 2.05) is 19.9 Å². The Balaban J connectivity index is 2.28. The Kier molecular flexibility index (Phi) is 4.04. The fourth-order valence-corrected chi connectivity index (χ4v) is 2.56. The Bertz CT molecular complexity index is 487. The lowest BCUT2D eigenvalue weighted by Gasteiger charge is -2.29. The van der Waals surface area contributed by atoms with Crippen molar-refractivity contribution in [3.05, 3.63) is 22.9 Å². The van der Waals surface area contributed by atoms with E-state index in [9.17, 15) is 9.90 Å². The van der Waals surface area contributed by atoms with E-state index < -0.39 is 12.1 Å². The first kappa shape index (κ1) is 13.8. The van der Waals surface area contributed by atoms with Crippen LogP contribution in [0.5, 0.6) is 5.88 Å². The highest BCUT2D eigenvalue weighted by atomic mass is 16.5. The van der Waals surface area contributed by atoms with Gasteiger partial charge < -0.3 is 14.9 Å². The second-order valence-electron chi connectivity index (χ2n) is 4.92. The Morgan fingerprint density at radius 2 is 2.32 bits per heavy atom. The van der Waals surface area contributed by atoms with Crippen LogP contribution in [0.3, 0.4) is 0 Å². The van der Waals surface area contributed by atoms with E-state index >= 15 is 0 Å². The summed E-state index contributed by atoms with van der Waals surface area (Å²) in [5.74, 6) is -0.502. The monoisotopic (exact) mass is 265 g/mol. The summed E-state index contributed by atoms with van der Waals surface area (Å²) in [4.78, 5) is 15.2.